The van der Waals surface area contributed by atoms with Crippen LogP contribution in [0.25, 0.3) is 6.08 Å². The van der Waals surface area contributed by atoms with Crippen LogP contribution in [0.4, 0.5) is 0 Å². The zero-order valence-electron chi connectivity index (χ0n) is 12.6. The number of ether oxygens (including phenoxy) is 1. The van der Waals surface area contributed by atoms with Crippen LogP contribution in [0.5, 0.6) is 0 Å². The number of hydrogen-bond donors (Lipinski definition) is 1. The van der Waals surface area contributed by atoms with E-state index in [9.17, 15) is 5.11 Å². The standard InChI is InChI=1S/C20H22O2/c21-20(17-22-16-19-13-7-2-8-14-19)15-9-3-6-12-18-10-4-1-5-11-18/h1-2,4-15,20-21H,3,16-17H2/b12-6+,15-9+/t20-/m1/s1. The maximum atomic E-state index is 9.81. The van der Waals surface area contributed by atoms with E-state index < -0.39 is 6.10 Å². The largest absolute Gasteiger partial charge is 0.387 e. The molecule has 0 radical (unpaired) electrons. The molecule has 2 rings (SSSR count). The summed E-state index contributed by atoms with van der Waals surface area (Å²) in [6.07, 6.45) is 8.11. The maximum absolute atomic E-state index is 9.81. The average Bonchev–Trinajstić information content (AvgIpc) is 2.56. The van der Waals surface area contributed by atoms with Crippen LogP contribution in [0.15, 0.2) is 78.9 Å². The molecule has 0 saturated carbocycles. The van der Waals surface area contributed by atoms with Gasteiger partial charge in [0.05, 0.1) is 19.3 Å². The predicted molar refractivity (Wildman–Crippen MR) is 91.3 cm³/mol. The summed E-state index contributed by atoms with van der Waals surface area (Å²) >= 11 is 0. The van der Waals surface area contributed by atoms with Crippen molar-refractivity contribution in [2.75, 3.05) is 6.61 Å². The van der Waals surface area contributed by atoms with Crippen molar-refractivity contribution < 1.29 is 9.84 Å². The van der Waals surface area contributed by atoms with Gasteiger partial charge in [-0.2, -0.15) is 0 Å². The molecule has 0 aliphatic carbocycles. The lowest BCUT2D eigenvalue weighted by Gasteiger charge is -2.07. The zero-order valence-corrected chi connectivity index (χ0v) is 12.6. The Morgan fingerprint density at radius 3 is 2.32 bits per heavy atom. The summed E-state index contributed by atoms with van der Waals surface area (Å²) in [5, 5.41) is 9.81. The van der Waals surface area contributed by atoms with Gasteiger partial charge in [-0.1, -0.05) is 85.0 Å². The molecule has 0 fully saturated rings. The molecule has 0 unspecified atom stereocenters. The van der Waals surface area contributed by atoms with E-state index >= 15 is 0 Å². The second-order valence-corrected chi connectivity index (χ2v) is 5.04. The van der Waals surface area contributed by atoms with Crippen LogP contribution >= 0.6 is 0 Å². The number of aliphatic hydroxyl groups excluding tert-OH is 1. The molecule has 0 heterocycles. The maximum Gasteiger partial charge on any atom is 0.0954 e. The minimum Gasteiger partial charge on any atom is -0.387 e. The second kappa shape index (κ2) is 9.72. The lowest BCUT2D eigenvalue weighted by atomic mass is 10.2. The van der Waals surface area contributed by atoms with Gasteiger partial charge in [0.25, 0.3) is 0 Å². The molecule has 1 N–H and O–H groups in total. The Morgan fingerprint density at radius 1 is 0.909 bits per heavy atom. The minimum atomic E-state index is -0.561. The normalized spacial score (nSPS) is 13.0. The van der Waals surface area contributed by atoms with Crippen LogP contribution in [0, 0.1) is 0 Å². The van der Waals surface area contributed by atoms with Crippen molar-refractivity contribution >= 4 is 6.08 Å². The topological polar surface area (TPSA) is 29.5 Å². The molecule has 0 aliphatic rings. The lowest BCUT2D eigenvalue weighted by molar-refractivity contribution is 0.0503. The molecular formula is C20H22O2. The van der Waals surface area contributed by atoms with E-state index in [-0.39, 0.29) is 0 Å². The molecule has 0 aromatic heterocycles. The third-order valence-electron chi connectivity index (χ3n) is 3.14. The highest BCUT2D eigenvalue weighted by Gasteiger charge is 1.99. The number of allylic oxidation sites excluding steroid dienone is 2. The molecule has 2 nitrogen and oxygen atoms in total. The van der Waals surface area contributed by atoms with Crippen molar-refractivity contribution in [1.82, 2.24) is 0 Å². The highest BCUT2D eigenvalue weighted by atomic mass is 16.5. The Hall–Kier alpha value is -2.16. The van der Waals surface area contributed by atoms with Crippen molar-refractivity contribution in [1.29, 1.82) is 0 Å². The van der Waals surface area contributed by atoms with Gasteiger partial charge in [-0.25, -0.2) is 0 Å². The molecule has 2 heteroatoms. The van der Waals surface area contributed by atoms with E-state index in [1.165, 1.54) is 5.56 Å². The van der Waals surface area contributed by atoms with Crippen molar-refractivity contribution in [2.24, 2.45) is 0 Å². The Balaban J connectivity index is 1.62. The van der Waals surface area contributed by atoms with E-state index in [1.807, 2.05) is 54.6 Å². The number of rotatable bonds is 8. The van der Waals surface area contributed by atoms with Gasteiger partial charge in [-0.05, 0) is 17.5 Å². The summed E-state index contributed by atoms with van der Waals surface area (Å²) < 4.78 is 5.49. The predicted octanol–water partition coefficient (Wildman–Crippen LogP) is 4.22. The summed E-state index contributed by atoms with van der Waals surface area (Å²) in [6, 6.07) is 20.1. The van der Waals surface area contributed by atoms with Gasteiger partial charge in [0.2, 0.25) is 0 Å². The fourth-order valence-electron chi connectivity index (χ4n) is 2.01. The monoisotopic (exact) mass is 294 g/mol. The Kier molecular flexibility index (Phi) is 7.16. The van der Waals surface area contributed by atoms with E-state index in [4.69, 9.17) is 4.74 Å². The summed E-state index contributed by atoms with van der Waals surface area (Å²) in [5.41, 5.74) is 2.30. The van der Waals surface area contributed by atoms with Crippen LogP contribution in [0.2, 0.25) is 0 Å². The van der Waals surface area contributed by atoms with E-state index in [0.29, 0.717) is 13.2 Å². The van der Waals surface area contributed by atoms with Gasteiger partial charge in [-0.15, -0.1) is 0 Å². The van der Waals surface area contributed by atoms with E-state index in [1.54, 1.807) is 6.08 Å². The Labute approximate surface area is 132 Å². The van der Waals surface area contributed by atoms with Crippen molar-refractivity contribution in [3.05, 3.63) is 90.0 Å². The quantitative estimate of drug-likeness (QED) is 0.738. The molecule has 2 aromatic rings. The third-order valence-corrected chi connectivity index (χ3v) is 3.14. The molecule has 0 bridgehead atoms. The number of hydrogen-bond acceptors (Lipinski definition) is 2. The SMILES string of the molecule is O[C@H](/C=C/C/C=C/c1ccccc1)COCc1ccccc1. The molecule has 2 aromatic carbocycles. The fraction of sp³-hybridized carbons (Fsp3) is 0.200. The molecule has 22 heavy (non-hydrogen) atoms. The molecule has 0 spiro atoms. The smallest absolute Gasteiger partial charge is 0.0954 e. The average molecular weight is 294 g/mol. The van der Waals surface area contributed by atoms with Crippen LogP contribution < -0.4 is 0 Å². The van der Waals surface area contributed by atoms with Gasteiger partial charge in [0.15, 0.2) is 0 Å². The van der Waals surface area contributed by atoms with Crippen LogP contribution in [0.3, 0.4) is 0 Å². The number of aliphatic hydroxyl groups is 1. The Morgan fingerprint density at radius 2 is 1.59 bits per heavy atom. The van der Waals surface area contributed by atoms with Gasteiger partial charge >= 0.3 is 0 Å². The van der Waals surface area contributed by atoms with Gasteiger partial charge < -0.3 is 9.84 Å². The van der Waals surface area contributed by atoms with Gasteiger partial charge in [0.1, 0.15) is 0 Å². The third kappa shape index (κ3) is 6.53. The van der Waals surface area contributed by atoms with Crippen molar-refractivity contribution in [3.8, 4) is 0 Å². The number of benzene rings is 2. The zero-order chi connectivity index (χ0) is 15.5. The van der Waals surface area contributed by atoms with Crippen LogP contribution in [0.1, 0.15) is 17.5 Å². The molecular weight excluding hydrogens is 272 g/mol. The molecule has 0 aliphatic heterocycles. The molecule has 1 atom stereocenters. The van der Waals surface area contributed by atoms with Gasteiger partial charge in [0, 0.05) is 0 Å². The second-order valence-electron chi connectivity index (χ2n) is 5.04. The summed E-state index contributed by atoms with van der Waals surface area (Å²) in [5.74, 6) is 0. The highest BCUT2D eigenvalue weighted by Crippen LogP contribution is 2.03. The first-order valence-electron chi connectivity index (χ1n) is 7.52. The molecule has 0 amide bonds. The van der Waals surface area contributed by atoms with E-state index in [2.05, 4.69) is 24.3 Å². The summed E-state index contributed by atoms with van der Waals surface area (Å²) in [6.45, 7) is 0.841. The first kappa shape index (κ1) is 16.2. The van der Waals surface area contributed by atoms with E-state index in [0.717, 1.165) is 12.0 Å². The summed E-state index contributed by atoms with van der Waals surface area (Å²) in [7, 11) is 0. The van der Waals surface area contributed by atoms with Crippen molar-refractivity contribution in [2.45, 2.75) is 19.1 Å². The highest BCUT2D eigenvalue weighted by molar-refractivity contribution is 5.48. The van der Waals surface area contributed by atoms with Crippen LogP contribution in [-0.2, 0) is 11.3 Å². The fourth-order valence-corrected chi connectivity index (χ4v) is 2.01. The van der Waals surface area contributed by atoms with Gasteiger partial charge in [-0.3, -0.25) is 0 Å². The van der Waals surface area contributed by atoms with Crippen molar-refractivity contribution in [3.63, 3.8) is 0 Å². The van der Waals surface area contributed by atoms with Crippen LogP contribution in [-0.4, -0.2) is 17.8 Å². The minimum absolute atomic E-state index is 0.313. The Bertz CT molecular complexity index is 573. The lowest BCUT2D eigenvalue weighted by Crippen LogP contribution is -2.11. The molecule has 114 valence electrons. The first-order chi connectivity index (χ1) is 10.8. The summed E-state index contributed by atoms with van der Waals surface area (Å²) in [4.78, 5) is 0. The first-order valence-corrected chi connectivity index (χ1v) is 7.52. The molecule has 0 saturated heterocycles.